The van der Waals surface area contributed by atoms with Crippen LogP contribution in [0.3, 0.4) is 0 Å². The van der Waals surface area contributed by atoms with E-state index in [0.29, 0.717) is 12.0 Å². The Bertz CT molecular complexity index is 708. The van der Waals surface area contributed by atoms with Crippen LogP contribution in [-0.4, -0.2) is 26.1 Å². The molecular weight excluding hydrogens is 252 g/mol. The fraction of sp³-hybridized carbons (Fsp3) is 0.0667. The van der Waals surface area contributed by atoms with Gasteiger partial charge in [-0.2, -0.15) is 4.68 Å². The molecule has 0 amide bonds. The van der Waals surface area contributed by atoms with E-state index in [9.17, 15) is 4.79 Å². The molecule has 5 nitrogen and oxygen atoms in total. The van der Waals surface area contributed by atoms with Gasteiger partial charge in [0, 0.05) is 5.56 Å². The summed E-state index contributed by atoms with van der Waals surface area (Å²) in [5.74, 6) is -0.221. The lowest BCUT2D eigenvalue weighted by molar-refractivity contribution is 0.0942. The molecule has 0 fully saturated rings. The molecule has 3 rings (SSSR count). The molecule has 1 aromatic heterocycles. The lowest BCUT2D eigenvalue weighted by atomic mass is 9.99. The first kappa shape index (κ1) is 12.2. The van der Waals surface area contributed by atoms with Gasteiger partial charge in [-0.1, -0.05) is 48.5 Å². The topological polar surface area (TPSA) is 60.7 Å². The van der Waals surface area contributed by atoms with Crippen LogP contribution in [0, 0.1) is 0 Å². The monoisotopic (exact) mass is 264 g/mol. The van der Waals surface area contributed by atoms with Crippen LogP contribution in [-0.2, 0) is 6.42 Å². The first-order chi connectivity index (χ1) is 9.84. The summed E-state index contributed by atoms with van der Waals surface area (Å²) in [5, 5.41) is 10.6. The van der Waals surface area contributed by atoms with Gasteiger partial charge in [0.1, 0.15) is 6.33 Å². The number of tetrazole rings is 1. The average Bonchev–Trinajstić information content (AvgIpc) is 3.02. The third-order valence-corrected chi connectivity index (χ3v) is 3.04. The highest BCUT2D eigenvalue weighted by Gasteiger charge is 2.14. The zero-order chi connectivity index (χ0) is 13.8. The second kappa shape index (κ2) is 5.44. The second-order valence-electron chi connectivity index (χ2n) is 4.38. The first-order valence-corrected chi connectivity index (χ1v) is 6.24. The molecule has 0 saturated carbocycles. The highest BCUT2D eigenvalue weighted by molar-refractivity contribution is 5.96. The van der Waals surface area contributed by atoms with Crippen molar-refractivity contribution in [2.45, 2.75) is 6.42 Å². The first-order valence-electron chi connectivity index (χ1n) is 6.24. The molecule has 3 aromatic rings. The lowest BCUT2D eigenvalue weighted by Gasteiger charge is -2.08. The smallest absolute Gasteiger partial charge is 0.267 e. The molecule has 2 aromatic carbocycles. The van der Waals surface area contributed by atoms with Crippen molar-refractivity contribution >= 4 is 5.91 Å². The van der Waals surface area contributed by atoms with Gasteiger partial charge in [-0.3, -0.25) is 4.79 Å². The molecule has 1 heterocycles. The number of rotatable bonds is 3. The van der Waals surface area contributed by atoms with Crippen LogP contribution in [0.2, 0.25) is 0 Å². The van der Waals surface area contributed by atoms with Gasteiger partial charge < -0.3 is 0 Å². The molecule has 0 aliphatic rings. The number of nitrogens with zero attached hydrogens (tertiary/aromatic N) is 4. The summed E-state index contributed by atoms with van der Waals surface area (Å²) < 4.78 is 1.14. The van der Waals surface area contributed by atoms with E-state index in [2.05, 4.69) is 15.5 Å². The van der Waals surface area contributed by atoms with Crippen molar-refractivity contribution in [3.63, 3.8) is 0 Å². The van der Waals surface area contributed by atoms with Gasteiger partial charge in [0.05, 0.1) is 0 Å². The third kappa shape index (κ3) is 2.47. The van der Waals surface area contributed by atoms with E-state index in [1.165, 1.54) is 6.33 Å². The number of carbonyl (C=O) groups is 1. The normalized spacial score (nSPS) is 10.4. The highest BCUT2D eigenvalue weighted by Crippen LogP contribution is 2.15. The van der Waals surface area contributed by atoms with Gasteiger partial charge in [-0.15, -0.1) is 5.10 Å². The van der Waals surface area contributed by atoms with E-state index >= 15 is 0 Å². The molecule has 0 aliphatic heterocycles. The second-order valence-corrected chi connectivity index (χ2v) is 4.38. The van der Waals surface area contributed by atoms with E-state index in [1.54, 1.807) is 6.07 Å². The van der Waals surface area contributed by atoms with E-state index in [0.717, 1.165) is 15.8 Å². The minimum Gasteiger partial charge on any atom is -0.267 e. The average molecular weight is 264 g/mol. The maximum Gasteiger partial charge on any atom is 0.281 e. The summed E-state index contributed by atoms with van der Waals surface area (Å²) in [7, 11) is 0. The molecule has 0 saturated heterocycles. The minimum atomic E-state index is -0.221. The molecule has 0 unspecified atom stereocenters. The standard InChI is InChI=1S/C15H12N4O/c20-15(19-11-16-17-18-19)14-9-5-4-8-13(14)10-12-6-2-1-3-7-12/h1-9,11H,10H2. The largest absolute Gasteiger partial charge is 0.281 e. The number of carbonyl (C=O) groups excluding carboxylic acids is 1. The van der Waals surface area contributed by atoms with Crippen LogP contribution in [0.25, 0.3) is 0 Å². The van der Waals surface area contributed by atoms with E-state index < -0.39 is 0 Å². The zero-order valence-electron chi connectivity index (χ0n) is 10.7. The van der Waals surface area contributed by atoms with Crippen LogP contribution in [0.5, 0.6) is 0 Å². The summed E-state index contributed by atoms with van der Waals surface area (Å²) in [4.78, 5) is 12.3. The number of aromatic nitrogens is 4. The van der Waals surface area contributed by atoms with Crippen molar-refractivity contribution in [1.82, 2.24) is 20.2 Å². The van der Waals surface area contributed by atoms with Crippen LogP contribution in [0.15, 0.2) is 60.9 Å². The Hall–Kier alpha value is -2.82. The fourth-order valence-corrected chi connectivity index (χ4v) is 2.08. The number of benzene rings is 2. The molecule has 0 aliphatic carbocycles. The van der Waals surface area contributed by atoms with Gasteiger partial charge in [0.2, 0.25) is 0 Å². The molecule has 98 valence electrons. The Morgan fingerprint density at radius 1 is 1.00 bits per heavy atom. The quantitative estimate of drug-likeness (QED) is 0.678. The van der Waals surface area contributed by atoms with Crippen LogP contribution >= 0.6 is 0 Å². The predicted molar refractivity (Wildman–Crippen MR) is 73.2 cm³/mol. The Balaban J connectivity index is 1.95. The van der Waals surface area contributed by atoms with Gasteiger partial charge in [-0.25, -0.2) is 0 Å². The predicted octanol–water partition coefficient (Wildman–Crippen LogP) is 1.95. The van der Waals surface area contributed by atoms with Crippen LogP contribution in [0.4, 0.5) is 0 Å². The molecular formula is C15H12N4O. The fourth-order valence-electron chi connectivity index (χ4n) is 2.08. The van der Waals surface area contributed by atoms with Gasteiger partial charge in [0.15, 0.2) is 0 Å². The van der Waals surface area contributed by atoms with Crippen molar-refractivity contribution in [3.05, 3.63) is 77.6 Å². The van der Waals surface area contributed by atoms with Crippen molar-refractivity contribution in [2.24, 2.45) is 0 Å². The van der Waals surface area contributed by atoms with Gasteiger partial charge in [0.25, 0.3) is 5.91 Å². The molecule has 0 N–H and O–H groups in total. The van der Waals surface area contributed by atoms with E-state index in [-0.39, 0.29) is 5.91 Å². The molecule has 0 atom stereocenters. The Morgan fingerprint density at radius 2 is 1.75 bits per heavy atom. The maximum absolute atomic E-state index is 12.3. The Morgan fingerprint density at radius 3 is 2.50 bits per heavy atom. The Kier molecular flexibility index (Phi) is 3.33. The lowest BCUT2D eigenvalue weighted by Crippen LogP contribution is -2.15. The van der Waals surface area contributed by atoms with E-state index in [1.807, 2.05) is 48.5 Å². The molecule has 5 heteroatoms. The SMILES string of the molecule is O=C(c1ccccc1Cc1ccccc1)n1cnnn1. The van der Waals surface area contributed by atoms with E-state index in [4.69, 9.17) is 0 Å². The summed E-state index contributed by atoms with van der Waals surface area (Å²) in [6.07, 6.45) is 2.01. The summed E-state index contributed by atoms with van der Waals surface area (Å²) in [6, 6.07) is 17.5. The van der Waals surface area contributed by atoms with Crippen molar-refractivity contribution in [3.8, 4) is 0 Å². The van der Waals surface area contributed by atoms with Gasteiger partial charge >= 0.3 is 0 Å². The molecule has 0 bridgehead atoms. The molecule has 0 spiro atoms. The maximum atomic E-state index is 12.3. The van der Waals surface area contributed by atoms with Gasteiger partial charge in [-0.05, 0) is 34.0 Å². The van der Waals surface area contributed by atoms with Crippen molar-refractivity contribution < 1.29 is 4.79 Å². The zero-order valence-corrected chi connectivity index (χ0v) is 10.7. The van der Waals surface area contributed by atoms with Crippen LogP contribution in [0.1, 0.15) is 21.5 Å². The third-order valence-electron chi connectivity index (χ3n) is 3.04. The Labute approximate surface area is 115 Å². The summed E-state index contributed by atoms with van der Waals surface area (Å²) in [6.45, 7) is 0. The van der Waals surface area contributed by atoms with Crippen molar-refractivity contribution in [1.29, 1.82) is 0 Å². The van der Waals surface area contributed by atoms with Crippen molar-refractivity contribution in [2.75, 3.05) is 0 Å². The highest BCUT2D eigenvalue weighted by atomic mass is 16.2. The molecule has 0 radical (unpaired) electrons. The number of hydrogen-bond acceptors (Lipinski definition) is 4. The van der Waals surface area contributed by atoms with Crippen LogP contribution < -0.4 is 0 Å². The minimum absolute atomic E-state index is 0.221. The summed E-state index contributed by atoms with van der Waals surface area (Å²) >= 11 is 0. The molecule has 20 heavy (non-hydrogen) atoms. The number of hydrogen-bond donors (Lipinski definition) is 0. The summed E-state index contributed by atoms with van der Waals surface area (Å²) in [5.41, 5.74) is 2.73.